The summed E-state index contributed by atoms with van der Waals surface area (Å²) in [6, 6.07) is 10.7. The van der Waals surface area contributed by atoms with Crippen LogP contribution in [0.3, 0.4) is 0 Å². The molecule has 0 spiro atoms. The first kappa shape index (κ1) is 30.3. The minimum atomic E-state index is -1.31. The number of ether oxygens (including phenoxy) is 1. The SMILES string of the molecule is CCCN(C(=O)C(CC(N)=O)NC(=O)OC(C)(C)C)C(C(=O)Nc1ccccc1C)c1c(C)cccc1C. The summed E-state index contributed by atoms with van der Waals surface area (Å²) in [5.41, 5.74) is 8.45. The number of rotatable bonds is 10. The normalized spacial score (nSPS) is 12.7. The fraction of sp³-hybridized carbons (Fsp3) is 0.448. The third-order valence-corrected chi connectivity index (χ3v) is 5.92. The molecule has 2 rings (SSSR count). The van der Waals surface area contributed by atoms with Gasteiger partial charge >= 0.3 is 6.09 Å². The van der Waals surface area contributed by atoms with Gasteiger partial charge in [0.25, 0.3) is 5.91 Å². The van der Waals surface area contributed by atoms with Crippen LogP contribution in [0.1, 0.15) is 68.8 Å². The number of nitrogens with one attached hydrogen (secondary N) is 2. The number of primary amides is 1. The number of carbonyl (C=O) groups excluding carboxylic acids is 4. The van der Waals surface area contributed by atoms with E-state index in [1.807, 2.05) is 64.1 Å². The lowest BCUT2D eigenvalue weighted by Gasteiger charge is -2.35. The Hall–Kier alpha value is -3.88. The second kappa shape index (κ2) is 13.1. The summed E-state index contributed by atoms with van der Waals surface area (Å²) in [4.78, 5) is 53.8. The van der Waals surface area contributed by atoms with E-state index in [1.165, 1.54) is 4.90 Å². The van der Waals surface area contributed by atoms with Gasteiger partial charge in [-0.05, 0) is 76.3 Å². The van der Waals surface area contributed by atoms with Crippen molar-refractivity contribution in [3.63, 3.8) is 0 Å². The van der Waals surface area contributed by atoms with Gasteiger partial charge in [0, 0.05) is 12.2 Å². The second-order valence-corrected chi connectivity index (χ2v) is 10.4. The fourth-order valence-corrected chi connectivity index (χ4v) is 4.26. The lowest BCUT2D eigenvalue weighted by atomic mass is 9.93. The zero-order chi connectivity index (χ0) is 28.6. The van der Waals surface area contributed by atoms with Crippen LogP contribution in [0.25, 0.3) is 0 Å². The van der Waals surface area contributed by atoms with Gasteiger partial charge in [-0.25, -0.2) is 4.79 Å². The maximum atomic E-state index is 14.0. The molecule has 2 aromatic rings. The quantitative estimate of drug-likeness (QED) is 0.427. The number of carbonyl (C=O) groups is 4. The van der Waals surface area contributed by atoms with Crippen LogP contribution < -0.4 is 16.4 Å². The zero-order valence-corrected chi connectivity index (χ0v) is 23.4. The molecule has 2 aromatic carbocycles. The van der Waals surface area contributed by atoms with Crippen LogP contribution in [0.15, 0.2) is 42.5 Å². The standard InChI is InChI=1S/C29H40N4O5/c1-8-16-33(27(36)22(17-23(30)34)32-28(37)38-29(5,6)7)25(24-19(3)13-11-14-20(24)4)26(35)31-21-15-10-9-12-18(21)2/h9-15,22,25H,8,16-17H2,1-7H3,(H2,30,34)(H,31,35)(H,32,37). The van der Waals surface area contributed by atoms with Crippen molar-refractivity contribution in [1.82, 2.24) is 10.2 Å². The molecule has 0 saturated heterocycles. The molecule has 2 atom stereocenters. The Kier molecular flexibility index (Phi) is 10.4. The highest BCUT2D eigenvalue weighted by molar-refractivity contribution is 6.00. The summed E-state index contributed by atoms with van der Waals surface area (Å²) >= 11 is 0. The van der Waals surface area contributed by atoms with Crippen molar-refractivity contribution in [2.45, 2.75) is 79.0 Å². The summed E-state index contributed by atoms with van der Waals surface area (Å²) in [5, 5.41) is 5.46. The van der Waals surface area contributed by atoms with E-state index in [0.717, 1.165) is 16.7 Å². The van der Waals surface area contributed by atoms with Crippen LogP contribution in [0.4, 0.5) is 10.5 Å². The summed E-state index contributed by atoms with van der Waals surface area (Å²) < 4.78 is 5.31. The molecular formula is C29H40N4O5. The molecule has 4 N–H and O–H groups in total. The van der Waals surface area contributed by atoms with Crippen LogP contribution in [-0.2, 0) is 19.1 Å². The molecule has 0 aliphatic carbocycles. The van der Waals surface area contributed by atoms with Crippen molar-refractivity contribution in [2.24, 2.45) is 5.73 Å². The van der Waals surface area contributed by atoms with E-state index >= 15 is 0 Å². The van der Waals surface area contributed by atoms with Crippen LogP contribution in [-0.4, -0.2) is 46.9 Å². The van der Waals surface area contributed by atoms with Crippen LogP contribution in [0, 0.1) is 20.8 Å². The molecule has 0 aromatic heterocycles. The predicted octanol–water partition coefficient (Wildman–Crippen LogP) is 4.30. The first-order valence-corrected chi connectivity index (χ1v) is 12.8. The van der Waals surface area contributed by atoms with E-state index in [2.05, 4.69) is 10.6 Å². The molecule has 0 fully saturated rings. The number of nitrogens with zero attached hydrogens (tertiary/aromatic N) is 1. The predicted molar refractivity (Wildman–Crippen MR) is 147 cm³/mol. The van der Waals surface area contributed by atoms with Crippen molar-refractivity contribution in [1.29, 1.82) is 0 Å². The van der Waals surface area contributed by atoms with Gasteiger partial charge in [0.15, 0.2) is 0 Å². The van der Waals surface area contributed by atoms with E-state index < -0.39 is 47.9 Å². The Morgan fingerprint density at radius 2 is 1.53 bits per heavy atom. The number of para-hydroxylation sites is 1. The third-order valence-electron chi connectivity index (χ3n) is 5.92. The number of hydrogen-bond donors (Lipinski definition) is 3. The van der Waals surface area contributed by atoms with Gasteiger partial charge in [0.2, 0.25) is 11.8 Å². The third kappa shape index (κ3) is 8.33. The molecule has 38 heavy (non-hydrogen) atoms. The number of amides is 4. The molecule has 9 nitrogen and oxygen atoms in total. The van der Waals surface area contributed by atoms with Gasteiger partial charge in [-0.3, -0.25) is 14.4 Å². The highest BCUT2D eigenvalue weighted by Gasteiger charge is 2.38. The van der Waals surface area contributed by atoms with Gasteiger partial charge in [0.1, 0.15) is 17.7 Å². The lowest BCUT2D eigenvalue weighted by molar-refractivity contribution is -0.141. The summed E-state index contributed by atoms with van der Waals surface area (Å²) in [5.74, 6) is -1.79. The Morgan fingerprint density at radius 1 is 0.947 bits per heavy atom. The largest absolute Gasteiger partial charge is 0.444 e. The van der Waals surface area contributed by atoms with E-state index in [0.29, 0.717) is 17.7 Å². The number of hydrogen-bond acceptors (Lipinski definition) is 5. The van der Waals surface area contributed by atoms with Crippen molar-refractivity contribution in [3.8, 4) is 0 Å². The maximum Gasteiger partial charge on any atom is 0.408 e. The van der Waals surface area contributed by atoms with E-state index in [9.17, 15) is 19.2 Å². The minimum Gasteiger partial charge on any atom is -0.444 e. The van der Waals surface area contributed by atoms with Gasteiger partial charge in [-0.15, -0.1) is 0 Å². The molecule has 9 heteroatoms. The van der Waals surface area contributed by atoms with E-state index in [-0.39, 0.29) is 6.54 Å². The summed E-state index contributed by atoms with van der Waals surface area (Å²) in [6.07, 6.45) is -0.779. The van der Waals surface area contributed by atoms with E-state index in [4.69, 9.17) is 10.5 Å². The fourth-order valence-electron chi connectivity index (χ4n) is 4.26. The van der Waals surface area contributed by atoms with Crippen molar-refractivity contribution in [3.05, 3.63) is 64.7 Å². The second-order valence-electron chi connectivity index (χ2n) is 10.4. The molecule has 0 bridgehead atoms. The monoisotopic (exact) mass is 524 g/mol. The van der Waals surface area contributed by atoms with Crippen LogP contribution >= 0.6 is 0 Å². The Morgan fingerprint density at radius 3 is 2.05 bits per heavy atom. The number of aryl methyl sites for hydroxylation is 3. The van der Waals surface area contributed by atoms with Gasteiger partial charge < -0.3 is 26.0 Å². The number of nitrogens with two attached hydrogens (primary N) is 1. The minimum absolute atomic E-state index is 0.198. The molecule has 0 aliphatic rings. The smallest absolute Gasteiger partial charge is 0.408 e. The highest BCUT2D eigenvalue weighted by Crippen LogP contribution is 2.30. The van der Waals surface area contributed by atoms with Gasteiger partial charge in [-0.1, -0.05) is 43.3 Å². The topological polar surface area (TPSA) is 131 Å². The number of anilines is 1. The first-order chi connectivity index (χ1) is 17.7. The van der Waals surface area contributed by atoms with Crippen molar-refractivity contribution in [2.75, 3.05) is 11.9 Å². The molecule has 206 valence electrons. The number of benzene rings is 2. The molecule has 2 unspecified atom stereocenters. The van der Waals surface area contributed by atoms with Gasteiger partial charge in [0.05, 0.1) is 6.42 Å². The summed E-state index contributed by atoms with van der Waals surface area (Å²) in [6.45, 7) is 12.8. The van der Waals surface area contributed by atoms with Crippen molar-refractivity contribution >= 4 is 29.5 Å². The van der Waals surface area contributed by atoms with Crippen LogP contribution in [0.2, 0.25) is 0 Å². The average molecular weight is 525 g/mol. The maximum absolute atomic E-state index is 14.0. The van der Waals surface area contributed by atoms with E-state index in [1.54, 1.807) is 26.8 Å². The zero-order valence-electron chi connectivity index (χ0n) is 23.4. The van der Waals surface area contributed by atoms with Gasteiger partial charge in [-0.2, -0.15) is 0 Å². The molecule has 0 radical (unpaired) electrons. The molecule has 0 heterocycles. The molecule has 4 amide bonds. The Bertz CT molecular complexity index is 1150. The number of alkyl carbamates (subject to hydrolysis) is 1. The summed E-state index contributed by atoms with van der Waals surface area (Å²) in [7, 11) is 0. The first-order valence-electron chi connectivity index (χ1n) is 12.8. The molecular weight excluding hydrogens is 484 g/mol. The molecule has 0 aliphatic heterocycles. The van der Waals surface area contributed by atoms with Crippen molar-refractivity contribution < 1.29 is 23.9 Å². The Labute approximate surface area is 225 Å². The average Bonchev–Trinajstić information content (AvgIpc) is 2.79. The lowest BCUT2D eigenvalue weighted by Crippen LogP contribution is -2.53. The highest BCUT2D eigenvalue weighted by atomic mass is 16.6. The molecule has 0 saturated carbocycles. The Balaban J connectivity index is 2.59. The van der Waals surface area contributed by atoms with Crippen LogP contribution in [0.5, 0.6) is 0 Å².